The molecule has 1 aromatic carbocycles. The van der Waals surface area contributed by atoms with E-state index < -0.39 is 0 Å². The fourth-order valence-electron chi connectivity index (χ4n) is 2.48. The summed E-state index contributed by atoms with van der Waals surface area (Å²) in [6.45, 7) is 0.774. The Morgan fingerprint density at radius 1 is 1.37 bits per heavy atom. The van der Waals surface area contributed by atoms with E-state index >= 15 is 0 Å². The Labute approximate surface area is 128 Å². The number of carbonyl (C=O) groups excluding carboxylic acids is 1. The van der Waals surface area contributed by atoms with Crippen LogP contribution in [0.3, 0.4) is 0 Å². The number of hydrogen-bond acceptors (Lipinski definition) is 2. The Morgan fingerprint density at radius 3 is 2.95 bits per heavy atom. The van der Waals surface area contributed by atoms with Crippen molar-refractivity contribution in [2.75, 3.05) is 16.8 Å². The van der Waals surface area contributed by atoms with E-state index in [9.17, 15) is 4.79 Å². The van der Waals surface area contributed by atoms with Gasteiger partial charge in [0.2, 0.25) is 5.91 Å². The van der Waals surface area contributed by atoms with E-state index in [0.29, 0.717) is 12.3 Å². The van der Waals surface area contributed by atoms with Gasteiger partial charge in [-0.2, -0.15) is 0 Å². The molecule has 1 aromatic heterocycles. The van der Waals surface area contributed by atoms with Crippen LogP contribution in [0.1, 0.15) is 6.42 Å². The third kappa shape index (κ3) is 2.30. The molecule has 1 unspecified atom stereocenters. The molecule has 1 saturated heterocycles. The molecule has 98 valence electrons. The predicted octanol–water partition coefficient (Wildman–Crippen LogP) is 3.75. The molecule has 0 radical (unpaired) electrons. The molecule has 0 aliphatic carbocycles. The van der Waals surface area contributed by atoms with E-state index in [-0.39, 0.29) is 5.91 Å². The summed E-state index contributed by atoms with van der Waals surface area (Å²) in [6.07, 6.45) is 2.38. The van der Waals surface area contributed by atoms with E-state index in [1.807, 2.05) is 29.2 Å². The number of pyridine rings is 1. The van der Waals surface area contributed by atoms with Gasteiger partial charge in [-0.3, -0.25) is 9.78 Å². The van der Waals surface area contributed by atoms with Crippen LogP contribution in [-0.4, -0.2) is 22.8 Å². The molecule has 19 heavy (non-hydrogen) atoms. The molecule has 3 rings (SSSR count). The van der Waals surface area contributed by atoms with Crippen molar-refractivity contribution in [2.24, 2.45) is 5.92 Å². The van der Waals surface area contributed by atoms with E-state index in [0.717, 1.165) is 32.9 Å². The number of alkyl halides is 1. The van der Waals surface area contributed by atoms with Gasteiger partial charge in [0.1, 0.15) is 0 Å². The van der Waals surface area contributed by atoms with Crippen LogP contribution in [0.25, 0.3) is 10.9 Å². The normalized spacial score (nSPS) is 19.4. The molecule has 0 saturated carbocycles. The second-order valence-corrected chi connectivity index (χ2v) is 6.20. The number of amides is 1. The van der Waals surface area contributed by atoms with Crippen molar-refractivity contribution < 1.29 is 4.79 Å². The molecule has 1 aliphatic heterocycles. The average Bonchev–Trinajstić information content (AvgIpc) is 2.81. The average molecular weight is 384 g/mol. The SMILES string of the molecule is O=C1CC(CBr)CN1c1ccc(Br)c2ncccc12. The maximum Gasteiger partial charge on any atom is 0.227 e. The predicted molar refractivity (Wildman–Crippen MR) is 83.7 cm³/mol. The second kappa shape index (κ2) is 5.21. The first-order chi connectivity index (χ1) is 9.20. The number of halogens is 2. The highest BCUT2D eigenvalue weighted by Crippen LogP contribution is 2.34. The molecular formula is C14H12Br2N2O. The number of aromatic nitrogens is 1. The summed E-state index contributed by atoms with van der Waals surface area (Å²) < 4.78 is 0.954. The molecule has 2 heterocycles. The first-order valence-electron chi connectivity index (χ1n) is 6.10. The molecule has 1 fully saturated rings. The Kier molecular flexibility index (Phi) is 3.58. The fraction of sp³-hybridized carbons (Fsp3) is 0.286. The smallest absolute Gasteiger partial charge is 0.227 e. The third-order valence-electron chi connectivity index (χ3n) is 3.41. The summed E-state index contributed by atoms with van der Waals surface area (Å²) in [4.78, 5) is 18.4. The maximum atomic E-state index is 12.1. The molecule has 1 amide bonds. The lowest BCUT2D eigenvalue weighted by Gasteiger charge is -2.19. The van der Waals surface area contributed by atoms with Crippen molar-refractivity contribution in [1.29, 1.82) is 0 Å². The number of anilines is 1. The fourth-order valence-corrected chi connectivity index (χ4v) is 3.36. The molecular weight excluding hydrogens is 372 g/mol. The van der Waals surface area contributed by atoms with Crippen molar-refractivity contribution in [3.63, 3.8) is 0 Å². The van der Waals surface area contributed by atoms with Crippen molar-refractivity contribution in [1.82, 2.24) is 4.98 Å². The van der Waals surface area contributed by atoms with Crippen molar-refractivity contribution in [3.05, 3.63) is 34.9 Å². The van der Waals surface area contributed by atoms with E-state index in [2.05, 4.69) is 36.8 Å². The molecule has 0 N–H and O–H groups in total. The van der Waals surface area contributed by atoms with Crippen molar-refractivity contribution in [2.45, 2.75) is 6.42 Å². The summed E-state index contributed by atoms with van der Waals surface area (Å²) >= 11 is 6.97. The molecule has 1 aliphatic rings. The monoisotopic (exact) mass is 382 g/mol. The lowest BCUT2D eigenvalue weighted by atomic mass is 10.1. The largest absolute Gasteiger partial charge is 0.311 e. The molecule has 3 nitrogen and oxygen atoms in total. The number of benzene rings is 1. The van der Waals surface area contributed by atoms with Crippen LogP contribution >= 0.6 is 31.9 Å². The minimum atomic E-state index is 0.192. The lowest BCUT2D eigenvalue weighted by molar-refractivity contribution is -0.117. The second-order valence-electron chi connectivity index (χ2n) is 4.69. The number of fused-ring (bicyclic) bond motifs is 1. The van der Waals surface area contributed by atoms with Crippen molar-refractivity contribution >= 4 is 54.4 Å². The zero-order valence-corrected chi connectivity index (χ0v) is 13.3. The van der Waals surface area contributed by atoms with E-state index in [4.69, 9.17) is 0 Å². The summed E-state index contributed by atoms with van der Waals surface area (Å²) in [5.41, 5.74) is 1.86. The third-order valence-corrected chi connectivity index (χ3v) is 4.97. The minimum absolute atomic E-state index is 0.192. The molecule has 5 heteroatoms. The van der Waals surface area contributed by atoms with E-state index in [1.54, 1.807) is 6.20 Å². The Morgan fingerprint density at radius 2 is 2.21 bits per heavy atom. The van der Waals surface area contributed by atoms with Crippen LogP contribution in [0.2, 0.25) is 0 Å². The van der Waals surface area contributed by atoms with Crippen molar-refractivity contribution in [3.8, 4) is 0 Å². The number of nitrogens with zero attached hydrogens (tertiary/aromatic N) is 2. The van der Waals surface area contributed by atoms with Gasteiger partial charge < -0.3 is 4.90 Å². The van der Waals surface area contributed by atoms with Crippen LogP contribution in [0.15, 0.2) is 34.9 Å². The van der Waals surface area contributed by atoms with Gasteiger partial charge in [-0.1, -0.05) is 15.9 Å². The summed E-state index contributed by atoms with van der Waals surface area (Å²) in [5.74, 6) is 0.583. The highest BCUT2D eigenvalue weighted by atomic mass is 79.9. The van der Waals surface area contributed by atoms with Gasteiger partial charge >= 0.3 is 0 Å². The first kappa shape index (κ1) is 13.1. The van der Waals surface area contributed by atoms with Gasteiger partial charge in [0.15, 0.2) is 0 Å². The van der Waals surface area contributed by atoms with Gasteiger partial charge in [0.05, 0.1) is 11.2 Å². The van der Waals surface area contributed by atoms with Gasteiger partial charge in [-0.25, -0.2) is 0 Å². The number of hydrogen-bond donors (Lipinski definition) is 0. The van der Waals surface area contributed by atoms with Gasteiger partial charge in [-0.15, -0.1) is 0 Å². The Balaban J connectivity index is 2.11. The summed E-state index contributed by atoms with van der Waals surface area (Å²) in [6, 6.07) is 7.86. The number of rotatable bonds is 2. The Bertz CT molecular complexity index is 644. The minimum Gasteiger partial charge on any atom is -0.311 e. The number of carbonyl (C=O) groups is 1. The van der Waals surface area contributed by atoms with Crippen LogP contribution in [0, 0.1) is 5.92 Å². The van der Waals surface area contributed by atoms with Gasteiger partial charge in [-0.05, 0) is 46.1 Å². The van der Waals surface area contributed by atoms with Crippen LogP contribution in [-0.2, 0) is 4.79 Å². The highest BCUT2D eigenvalue weighted by molar-refractivity contribution is 9.10. The van der Waals surface area contributed by atoms with Gasteiger partial charge in [0, 0.05) is 34.4 Å². The first-order valence-corrected chi connectivity index (χ1v) is 8.01. The van der Waals surface area contributed by atoms with Crippen LogP contribution < -0.4 is 4.90 Å². The lowest BCUT2D eigenvalue weighted by Crippen LogP contribution is -2.24. The van der Waals surface area contributed by atoms with E-state index in [1.165, 1.54) is 0 Å². The van der Waals surface area contributed by atoms with Gasteiger partial charge in [0.25, 0.3) is 0 Å². The molecule has 1 atom stereocenters. The topological polar surface area (TPSA) is 33.2 Å². The molecule has 2 aromatic rings. The molecule has 0 spiro atoms. The highest BCUT2D eigenvalue weighted by Gasteiger charge is 2.30. The summed E-state index contributed by atoms with van der Waals surface area (Å²) in [7, 11) is 0. The maximum absolute atomic E-state index is 12.1. The quantitative estimate of drug-likeness (QED) is 0.740. The zero-order chi connectivity index (χ0) is 13.4. The summed E-state index contributed by atoms with van der Waals surface area (Å²) in [5, 5.41) is 1.88. The zero-order valence-electron chi connectivity index (χ0n) is 10.1. The van der Waals surface area contributed by atoms with Crippen LogP contribution in [0.4, 0.5) is 5.69 Å². The standard InChI is InChI=1S/C14H12Br2N2O/c15-7-9-6-13(19)18(8-9)12-4-3-11(16)14-10(12)2-1-5-17-14/h1-5,9H,6-8H2. The van der Waals surface area contributed by atoms with Crippen LogP contribution in [0.5, 0.6) is 0 Å². The Hall–Kier alpha value is -0.940. The molecule has 0 bridgehead atoms.